The molecule has 8 heteroatoms. The smallest absolute Gasteiger partial charge is 0.119 e. The summed E-state index contributed by atoms with van der Waals surface area (Å²) in [5.74, 6) is 0. The van der Waals surface area contributed by atoms with Crippen LogP contribution < -0.4 is 0 Å². The lowest BCUT2D eigenvalue weighted by Gasteiger charge is -2.13. The summed E-state index contributed by atoms with van der Waals surface area (Å²) in [7, 11) is 0. The zero-order valence-corrected chi connectivity index (χ0v) is 30.5. The first-order valence-corrected chi connectivity index (χ1v) is 18.9. The number of rotatable bonds is 7. The van der Waals surface area contributed by atoms with E-state index in [0.29, 0.717) is 22.5 Å². The quantitative estimate of drug-likeness (QED) is 0.0962. The van der Waals surface area contributed by atoms with E-state index in [0.717, 1.165) is 78.7 Å². The summed E-state index contributed by atoms with van der Waals surface area (Å²) in [6, 6.07) is 55.3. The predicted molar refractivity (Wildman–Crippen MR) is 229 cm³/mol. The Morgan fingerprint density at radius 3 is 1.30 bits per heavy atom. The third-order valence-electron chi connectivity index (χ3n) is 9.07. The van der Waals surface area contributed by atoms with E-state index in [-0.39, 0.29) is 20.2 Å². The molecule has 0 aliphatic rings. The molecule has 0 atom stereocenters. The van der Waals surface area contributed by atoms with Gasteiger partial charge in [0.1, 0.15) is 20.2 Å². The summed E-state index contributed by atoms with van der Waals surface area (Å²) in [6.45, 7) is 0. The molecule has 0 amide bonds. The number of nitrogens with zero attached hydrogens (tertiary/aromatic N) is 2. The highest BCUT2D eigenvalue weighted by atomic mass is 32.2. The van der Waals surface area contributed by atoms with E-state index < -0.39 is 0 Å². The molecular formula is C46H32N6S2. The van der Waals surface area contributed by atoms with E-state index in [4.69, 9.17) is 31.6 Å². The summed E-state index contributed by atoms with van der Waals surface area (Å²) >= 11 is 2.05. The zero-order chi connectivity index (χ0) is 37.0. The van der Waals surface area contributed by atoms with Crippen molar-refractivity contribution in [3.63, 3.8) is 0 Å². The largest absolute Gasteiger partial charge is 0.293 e. The maximum absolute atomic E-state index is 9.14. The van der Waals surface area contributed by atoms with Crippen molar-refractivity contribution in [1.82, 2.24) is 9.97 Å². The summed E-state index contributed by atoms with van der Waals surface area (Å²) in [6.07, 6.45) is 0. The van der Waals surface area contributed by atoms with E-state index in [1.807, 2.05) is 115 Å². The van der Waals surface area contributed by atoms with Crippen LogP contribution in [0, 0.1) is 21.6 Å². The van der Waals surface area contributed by atoms with Crippen molar-refractivity contribution < 1.29 is 0 Å². The number of thioether (sulfide) groups is 2. The highest BCUT2D eigenvalue weighted by molar-refractivity contribution is 8.27. The average Bonchev–Trinajstić information content (AvgIpc) is 3.23. The predicted octanol–water partition coefficient (Wildman–Crippen LogP) is 12.0. The molecule has 258 valence electrons. The summed E-state index contributed by atoms with van der Waals surface area (Å²) in [5.41, 5.74) is 7.37. The van der Waals surface area contributed by atoms with Crippen LogP contribution in [0.3, 0.4) is 0 Å². The van der Waals surface area contributed by atoms with Crippen molar-refractivity contribution in [3.05, 3.63) is 192 Å². The third kappa shape index (κ3) is 7.25. The molecule has 0 aliphatic heterocycles. The van der Waals surface area contributed by atoms with Crippen LogP contribution in [0.15, 0.2) is 170 Å². The molecule has 8 rings (SSSR count). The van der Waals surface area contributed by atoms with E-state index in [9.17, 15) is 0 Å². The number of nitrogens with one attached hydrogen (secondary N) is 4. The normalized spacial score (nSPS) is 11.0. The fraction of sp³-hybridized carbons (Fsp3) is 0. The van der Waals surface area contributed by atoms with Crippen molar-refractivity contribution >= 4 is 65.2 Å². The van der Waals surface area contributed by atoms with Crippen molar-refractivity contribution in [2.75, 3.05) is 0 Å². The van der Waals surface area contributed by atoms with Gasteiger partial charge in [0, 0.05) is 22.3 Å². The molecule has 0 saturated carbocycles. The van der Waals surface area contributed by atoms with Crippen molar-refractivity contribution in [2.45, 2.75) is 0 Å². The van der Waals surface area contributed by atoms with Gasteiger partial charge in [0.25, 0.3) is 0 Å². The SMILES string of the molecule is N=C(SC(=N)c1cccc(-c2cccc3ccccc23)n1)c1cc(C(=N)SC(=N)c2cccc(-c3cccc4ccccc34)n2)cc(-c2ccccc2)c1. The Morgan fingerprint density at radius 1 is 0.370 bits per heavy atom. The second-order valence-electron chi connectivity index (χ2n) is 12.6. The monoisotopic (exact) mass is 732 g/mol. The lowest BCUT2D eigenvalue weighted by molar-refractivity contribution is 1.29. The molecule has 0 bridgehead atoms. The molecule has 6 aromatic carbocycles. The van der Waals surface area contributed by atoms with Crippen LogP contribution >= 0.6 is 23.5 Å². The fourth-order valence-corrected chi connectivity index (χ4v) is 7.75. The lowest BCUT2D eigenvalue weighted by Crippen LogP contribution is -2.07. The highest BCUT2D eigenvalue weighted by Gasteiger charge is 2.18. The molecule has 8 aromatic rings. The Bertz CT molecular complexity index is 2580. The maximum atomic E-state index is 9.14. The molecule has 54 heavy (non-hydrogen) atoms. The number of hydrogen-bond donors (Lipinski definition) is 4. The fourth-order valence-electron chi connectivity index (χ4n) is 6.43. The molecule has 0 spiro atoms. The summed E-state index contributed by atoms with van der Waals surface area (Å²) < 4.78 is 0. The van der Waals surface area contributed by atoms with Gasteiger partial charge in [0.2, 0.25) is 0 Å². The van der Waals surface area contributed by atoms with Gasteiger partial charge < -0.3 is 0 Å². The minimum Gasteiger partial charge on any atom is -0.293 e. The molecule has 0 saturated heterocycles. The summed E-state index contributed by atoms with van der Waals surface area (Å²) in [4.78, 5) is 9.69. The molecule has 0 unspecified atom stereocenters. The lowest BCUT2D eigenvalue weighted by atomic mass is 10.0. The van der Waals surface area contributed by atoms with Gasteiger partial charge in [-0.25, -0.2) is 9.97 Å². The Hall–Kier alpha value is -6.48. The second-order valence-corrected chi connectivity index (χ2v) is 14.6. The molecule has 0 radical (unpaired) electrons. The molecule has 6 nitrogen and oxygen atoms in total. The van der Waals surface area contributed by atoms with Gasteiger partial charge in [-0.05, 0) is 98.7 Å². The van der Waals surface area contributed by atoms with Crippen LogP contribution in [0.1, 0.15) is 22.5 Å². The minimum atomic E-state index is 0.150. The average molecular weight is 733 g/mol. The van der Waals surface area contributed by atoms with Gasteiger partial charge in [0.05, 0.1) is 22.8 Å². The number of pyridine rings is 2. The van der Waals surface area contributed by atoms with Gasteiger partial charge in [0.15, 0.2) is 0 Å². The maximum Gasteiger partial charge on any atom is 0.119 e. The highest BCUT2D eigenvalue weighted by Crippen LogP contribution is 2.32. The molecule has 2 heterocycles. The molecule has 4 N–H and O–H groups in total. The Morgan fingerprint density at radius 2 is 0.796 bits per heavy atom. The molecular weight excluding hydrogens is 701 g/mol. The van der Waals surface area contributed by atoms with Crippen LogP contribution in [0.25, 0.3) is 55.2 Å². The second kappa shape index (κ2) is 15.2. The first kappa shape index (κ1) is 34.6. The van der Waals surface area contributed by atoms with Gasteiger partial charge in [-0.2, -0.15) is 0 Å². The molecule has 2 aromatic heterocycles. The standard InChI is InChI=1S/C46H32N6S2/c47-43(53-45(49)41-24-10-22-39(51-41)37-20-8-16-30-14-4-6-18-35(30)37)33-26-32(29-12-2-1-3-13-29)27-34(28-33)44(48)54-46(50)42-25-11-23-40(52-42)38-21-9-17-31-15-5-7-19-36(31)38/h1-28,47-50H. The van der Waals surface area contributed by atoms with E-state index in [1.165, 1.54) is 0 Å². The van der Waals surface area contributed by atoms with Crippen molar-refractivity contribution in [3.8, 4) is 33.6 Å². The first-order valence-electron chi connectivity index (χ1n) is 17.2. The topological polar surface area (TPSA) is 121 Å². The Labute approximate surface area is 321 Å². The summed E-state index contributed by atoms with van der Waals surface area (Å²) in [5, 5.41) is 41.3. The van der Waals surface area contributed by atoms with E-state index in [1.54, 1.807) is 18.2 Å². The number of fused-ring (bicyclic) bond motifs is 2. The number of benzene rings is 6. The zero-order valence-electron chi connectivity index (χ0n) is 28.9. The minimum absolute atomic E-state index is 0.150. The number of aromatic nitrogens is 2. The van der Waals surface area contributed by atoms with Gasteiger partial charge >= 0.3 is 0 Å². The van der Waals surface area contributed by atoms with Gasteiger partial charge in [-0.15, -0.1) is 0 Å². The van der Waals surface area contributed by atoms with Crippen molar-refractivity contribution in [2.24, 2.45) is 0 Å². The van der Waals surface area contributed by atoms with Gasteiger partial charge in [-0.1, -0.05) is 127 Å². The van der Waals surface area contributed by atoms with Gasteiger partial charge in [-0.3, -0.25) is 21.6 Å². The molecule has 0 aliphatic carbocycles. The Balaban J connectivity index is 1.05. The van der Waals surface area contributed by atoms with E-state index >= 15 is 0 Å². The van der Waals surface area contributed by atoms with Crippen LogP contribution in [0.5, 0.6) is 0 Å². The first-order chi connectivity index (χ1) is 26.4. The Kier molecular flexibility index (Phi) is 9.77. The molecule has 0 fully saturated rings. The van der Waals surface area contributed by atoms with Crippen LogP contribution in [0.2, 0.25) is 0 Å². The van der Waals surface area contributed by atoms with Crippen LogP contribution in [-0.2, 0) is 0 Å². The van der Waals surface area contributed by atoms with Crippen molar-refractivity contribution in [1.29, 1.82) is 21.6 Å². The number of hydrogen-bond acceptors (Lipinski definition) is 8. The third-order valence-corrected chi connectivity index (χ3v) is 10.8. The van der Waals surface area contributed by atoms with E-state index in [2.05, 4.69) is 36.4 Å². The van der Waals surface area contributed by atoms with Crippen LogP contribution in [-0.4, -0.2) is 30.1 Å². The van der Waals surface area contributed by atoms with Crippen LogP contribution in [0.4, 0.5) is 0 Å².